The zero-order chi connectivity index (χ0) is 12.8. The van der Waals surface area contributed by atoms with Crippen LogP contribution in [-0.4, -0.2) is 24.4 Å². The Morgan fingerprint density at radius 1 is 1.39 bits per heavy atom. The summed E-state index contributed by atoms with van der Waals surface area (Å²) >= 11 is 5.85. The summed E-state index contributed by atoms with van der Waals surface area (Å²) in [6, 6.07) is 5.30. The van der Waals surface area contributed by atoms with E-state index >= 15 is 0 Å². The van der Waals surface area contributed by atoms with Crippen LogP contribution in [0.25, 0.3) is 0 Å². The van der Waals surface area contributed by atoms with Gasteiger partial charge in [-0.25, -0.2) is 0 Å². The Morgan fingerprint density at radius 2 is 2.28 bits per heavy atom. The minimum absolute atomic E-state index is 0.135. The van der Waals surface area contributed by atoms with Crippen molar-refractivity contribution in [2.75, 3.05) is 13.2 Å². The molecule has 1 aromatic carbocycles. The minimum Gasteiger partial charge on any atom is -0.506 e. The number of aromatic hydroxyl groups is 1. The van der Waals surface area contributed by atoms with Crippen molar-refractivity contribution in [2.45, 2.75) is 38.3 Å². The summed E-state index contributed by atoms with van der Waals surface area (Å²) in [4.78, 5) is 0. The van der Waals surface area contributed by atoms with Gasteiger partial charge in [-0.1, -0.05) is 17.7 Å². The smallest absolute Gasteiger partial charge is 0.134 e. The van der Waals surface area contributed by atoms with Crippen LogP contribution in [0.4, 0.5) is 0 Å². The molecule has 1 heterocycles. The Morgan fingerprint density at radius 3 is 3.00 bits per heavy atom. The fraction of sp³-hybridized carbons (Fsp3) is 0.571. The van der Waals surface area contributed by atoms with Gasteiger partial charge in [0.1, 0.15) is 5.75 Å². The second kappa shape index (κ2) is 6.98. The largest absolute Gasteiger partial charge is 0.506 e. The van der Waals surface area contributed by atoms with Crippen LogP contribution in [0.3, 0.4) is 0 Å². The molecule has 18 heavy (non-hydrogen) atoms. The van der Waals surface area contributed by atoms with Crippen molar-refractivity contribution in [1.82, 2.24) is 5.32 Å². The van der Waals surface area contributed by atoms with Gasteiger partial charge in [-0.2, -0.15) is 0 Å². The molecule has 1 saturated heterocycles. The molecule has 1 atom stereocenters. The van der Waals surface area contributed by atoms with E-state index in [1.165, 1.54) is 19.3 Å². The molecule has 0 radical (unpaired) electrons. The van der Waals surface area contributed by atoms with E-state index in [-0.39, 0.29) is 5.75 Å². The highest BCUT2D eigenvalue weighted by Crippen LogP contribution is 2.23. The normalized spacial score (nSPS) is 19.9. The average molecular weight is 270 g/mol. The maximum Gasteiger partial charge on any atom is 0.134 e. The van der Waals surface area contributed by atoms with Crippen LogP contribution in [0.5, 0.6) is 5.75 Å². The molecular weight excluding hydrogens is 250 g/mol. The number of hydrogen-bond acceptors (Lipinski definition) is 3. The molecule has 0 amide bonds. The first-order valence-electron chi connectivity index (χ1n) is 6.55. The van der Waals surface area contributed by atoms with Gasteiger partial charge in [-0.3, -0.25) is 0 Å². The molecule has 0 spiro atoms. The summed E-state index contributed by atoms with van der Waals surface area (Å²) in [7, 11) is 0. The molecule has 3 nitrogen and oxygen atoms in total. The molecule has 2 N–H and O–H groups in total. The lowest BCUT2D eigenvalue weighted by atomic mass is 10.1. The molecular formula is C14H20ClNO2. The number of ether oxygens (including phenoxy) is 1. The third-order valence-electron chi connectivity index (χ3n) is 3.26. The van der Waals surface area contributed by atoms with Gasteiger partial charge in [0, 0.05) is 13.2 Å². The Kier molecular flexibility index (Phi) is 5.29. The predicted molar refractivity (Wildman–Crippen MR) is 73.0 cm³/mol. The zero-order valence-electron chi connectivity index (χ0n) is 10.5. The first kappa shape index (κ1) is 13.7. The maximum atomic E-state index is 9.32. The lowest BCUT2D eigenvalue weighted by molar-refractivity contribution is 0.0115. The van der Waals surface area contributed by atoms with E-state index in [2.05, 4.69) is 5.32 Å². The van der Waals surface area contributed by atoms with Gasteiger partial charge in [0.2, 0.25) is 0 Å². The monoisotopic (exact) mass is 269 g/mol. The summed E-state index contributed by atoms with van der Waals surface area (Å²) in [5.41, 5.74) is 1.09. The second-order valence-corrected chi connectivity index (χ2v) is 5.15. The fourth-order valence-electron chi connectivity index (χ4n) is 2.19. The van der Waals surface area contributed by atoms with Crippen LogP contribution >= 0.6 is 11.6 Å². The summed E-state index contributed by atoms with van der Waals surface area (Å²) in [6.45, 7) is 2.63. The van der Waals surface area contributed by atoms with Crippen LogP contribution < -0.4 is 5.32 Å². The van der Waals surface area contributed by atoms with Crippen molar-refractivity contribution < 1.29 is 9.84 Å². The van der Waals surface area contributed by atoms with Crippen LogP contribution in [0.1, 0.15) is 31.2 Å². The van der Waals surface area contributed by atoms with Gasteiger partial charge in [0.05, 0.1) is 11.1 Å². The fourth-order valence-corrected chi connectivity index (χ4v) is 2.39. The highest BCUT2D eigenvalue weighted by molar-refractivity contribution is 6.32. The Bertz CT molecular complexity index is 378. The quantitative estimate of drug-likeness (QED) is 0.807. The summed E-state index contributed by atoms with van der Waals surface area (Å²) in [5, 5.41) is 13.1. The Labute approximate surface area is 113 Å². The van der Waals surface area contributed by atoms with Gasteiger partial charge < -0.3 is 15.2 Å². The topological polar surface area (TPSA) is 41.5 Å². The molecule has 1 unspecified atom stereocenters. The van der Waals surface area contributed by atoms with Crippen LogP contribution in [0, 0.1) is 0 Å². The second-order valence-electron chi connectivity index (χ2n) is 4.74. The number of benzene rings is 1. The first-order valence-corrected chi connectivity index (χ1v) is 6.93. The molecule has 1 fully saturated rings. The van der Waals surface area contributed by atoms with Gasteiger partial charge in [0.15, 0.2) is 0 Å². The van der Waals surface area contributed by atoms with Crippen LogP contribution in [0.15, 0.2) is 18.2 Å². The van der Waals surface area contributed by atoms with E-state index in [1.807, 2.05) is 6.07 Å². The Hall–Kier alpha value is -0.770. The number of hydrogen-bond donors (Lipinski definition) is 2. The number of phenolic OH excluding ortho intramolecular Hbond substituents is 1. The molecule has 1 aliphatic rings. The number of rotatable bonds is 5. The van der Waals surface area contributed by atoms with E-state index in [1.54, 1.807) is 12.1 Å². The summed E-state index contributed by atoms with van der Waals surface area (Å²) < 4.78 is 5.67. The van der Waals surface area contributed by atoms with Gasteiger partial charge >= 0.3 is 0 Å². The van der Waals surface area contributed by atoms with Crippen molar-refractivity contribution in [1.29, 1.82) is 0 Å². The van der Waals surface area contributed by atoms with E-state index in [0.717, 1.165) is 31.7 Å². The van der Waals surface area contributed by atoms with Crippen LogP contribution in [0.2, 0.25) is 5.02 Å². The molecule has 1 aromatic rings. The van der Waals surface area contributed by atoms with Gasteiger partial charge in [0.25, 0.3) is 0 Å². The molecule has 0 aliphatic carbocycles. The van der Waals surface area contributed by atoms with E-state index < -0.39 is 0 Å². The standard InChI is InChI=1S/C14H20ClNO2/c15-13-9-11(4-5-14(13)17)10-16-7-6-12-3-1-2-8-18-12/h4-5,9,12,16-17H,1-3,6-8,10H2. The third kappa shape index (κ3) is 4.16. The maximum absolute atomic E-state index is 9.32. The molecule has 0 bridgehead atoms. The van der Waals surface area contributed by atoms with Crippen molar-refractivity contribution in [2.24, 2.45) is 0 Å². The van der Waals surface area contributed by atoms with Gasteiger partial charge in [-0.05, 0) is 49.9 Å². The SMILES string of the molecule is Oc1ccc(CNCCC2CCCCO2)cc1Cl. The molecule has 4 heteroatoms. The van der Waals surface area contributed by atoms with Crippen molar-refractivity contribution in [3.05, 3.63) is 28.8 Å². The summed E-state index contributed by atoms with van der Waals surface area (Å²) in [6.07, 6.45) is 5.17. The van der Waals surface area contributed by atoms with E-state index in [0.29, 0.717) is 11.1 Å². The van der Waals surface area contributed by atoms with Crippen molar-refractivity contribution in [3.63, 3.8) is 0 Å². The van der Waals surface area contributed by atoms with Crippen LogP contribution in [-0.2, 0) is 11.3 Å². The van der Waals surface area contributed by atoms with E-state index in [9.17, 15) is 5.11 Å². The summed E-state index contributed by atoms with van der Waals surface area (Å²) in [5.74, 6) is 0.135. The average Bonchev–Trinajstić information content (AvgIpc) is 2.40. The number of halogens is 1. The molecule has 2 rings (SSSR count). The Balaban J connectivity index is 1.66. The van der Waals surface area contributed by atoms with Gasteiger partial charge in [-0.15, -0.1) is 0 Å². The molecule has 100 valence electrons. The minimum atomic E-state index is 0.135. The molecule has 1 aliphatic heterocycles. The number of nitrogens with one attached hydrogen (secondary N) is 1. The highest BCUT2D eigenvalue weighted by atomic mass is 35.5. The van der Waals surface area contributed by atoms with E-state index in [4.69, 9.17) is 16.3 Å². The molecule has 0 saturated carbocycles. The zero-order valence-corrected chi connectivity index (χ0v) is 11.2. The highest BCUT2D eigenvalue weighted by Gasteiger charge is 2.12. The van der Waals surface area contributed by atoms with Crippen molar-refractivity contribution >= 4 is 11.6 Å². The lowest BCUT2D eigenvalue weighted by Crippen LogP contribution is -2.25. The lowest BCUT2D eigenvalue weighted by Gasteiger charge is -2.22. The predicted octanol–water partition coefficient (Wildman–Crippen LogP) is 3.09. The molecule has 0 aromatic heterocycles. The third-order valence-corrected chi connectivity index (χ3v) is 3.56. The first-order chi connectivity index (χ1) is 8.75. The van der Waals surface area contributed by atoms with Crippen molar-refractivity contribution in [3.8, 4) is 5.75 Å². The number of phenols is 1.